The molecule has 3 nitrogen and oxygen atoms in total. The van der Waals surface area contributed by atoms with E-state index in [0.29, 0.717) is 17.5 Å². The van der Waals surface area contributed by atoms with Crippen LogP contribution in [0.5, 0.6) is 5.75 Å². The molecule has 1 amide bonds. The number of phenolic OH excluding ortho intramolecular Hbond substituents is 1. The van der Waals surface area contributed by atoms with Crippen LogP contribution in [0.4, 0.5) is 0 Å². The topological polar surface area (TPSA) is 49.3 Å². The second kappa shape index (κ2) is 5.95. The lowest BCUT2D eigenvalue weighted by Gasteiger charge is -2.15. The molecule has 0 saturated carbocycles. The third kappa shape index (κ3) is 3.25. The first-order valence-corrected chi connectivity index (χ1v) is 5.63. The summed E-state index contributed by atoms with van der Waals surface area (Å²) in [6.45, 7) is 3.68. The SMILES string of the molecule is C#CCC(CC)NC(=O)c1cccc(O)c1C. The molecule has 0 spiro atoms. The number of terminal acetylenes is 1. The van der Waals surface area contributed by atoms with E-state index in [1.807, 2.05) is 6.92 Å². The van der Waals surface area contributed by atoms with Crippen LogP contribution in [0, 0.1) is 19.3 Å². The standard InChI is InChI=1S/C14H17NO2/c1-4-7-11(5-2)15-14(17)12-8-6-9-13(16)10(12)3/h1,6,8-9,11,16H,5,7H2,2-3H3,(H,15,17). The van der Waals surface area contributed by atoms with E-state index in [1.54, 1.807) is 25.1 Å². The van der Waals surface area contributed by atoms with Crippen LogP contribution in [0.3, 0.4) is 0 Å². The number of hydrogen-bond acceptors (Lipinski definition) is 2. The van der Waals surface area contributed by atoms with E-state index in [9.17, 15) is 9.90 Å². The average Bonchev–Trinajstić information content (AvgIpc) is 2.31. The zero-order chi connectivity index (χ0) is 12.8. The van der Waals surface area contributed by atoms with Gasteiger partial charge in [0.25, 0.3) is 5.91 Å². The Kier molecular flexibility index (Phi) is 4.59. The van der Waals surface area contributed by atoms with Crippen molar-refractivity contribution in [3.63, 3.8) is 0 Å². The van der Waals surface area contributed by atoms with Crippen LogP contribution in [-0.2, 0) is 0 Å². The summed E-state index contributed by atoms with van der Waals surface area (Å²) in [7, 11) is 0. The smallest absolute Gasteiger partial charge is 0.251 e. The second-order valence-corrected chi connectivity index (χ2v) is 3.94. The lowest BCUT2D eigenvalue weighted by molar-refractivity contribution is 0.0935. The van der Waals surface area contributed by atoms with Crippen LogP contribution in [0.15, 0.2) is 18.2 Å². The first-order chi connectivity index (χ1) is 8.10. The van der Waals surface area contributed by atoms with Crippen molar-refractivity contribution in [1.82, 2.24) is 5.32 Å². The van der Waals surface area contributed by atoms with Gasteiger partial charge in [0.15, 0.2) is 0 Å². The van der Waals surface area contributed by atoms with Crippen LogP contribution < -0.4 is 5.32 Å². The van der Waals surface area contributed by atoms with Crippen LogP contribution in [0.1, 0.15) is 35.7 Å². The van der Waals surface area contributed by atoms with Gasteiger partial charge in [0, 0.05) is 23.6 Å². The van der Waals surface area contributed by atoms with E-state index >= 15 is 0 Å². The molecule has 0 bridgehead atoms. The van der Waals surface area contributed by atoms with E-state index in [2.05, 4.69) is 11.2 Å². The van der Waals surface area contributed by atoms with Crippen molar-refractivity contribution >= 4 is 5.91 Å². The molecule has 0 saturated heterocycles. The number of hydrogen-bond donors (Lipinski definition) is 2. The molecule has 3 heteroatoms. The number of phenols is 1. The van der Waals surface area contributed by atoms with Gasteiger partial charge in [-0.1, -0.05) is 13.0 Å². The van der Waals surface area contributed by atoms with Crippen molar-refractivity contribution in [2.45, 2.75) is 32.7 Å². The Labute approximate surface area is 102 Å². The highest BCUT2D eigenvalue weighted by molar-refractivity contribution is 5.96. The zero-order valence-corrected chi connectivity index (χ0v) is 10.2. The van der Waals surface area contributed by atoms with Crippen molar-refractivity contribution in [3.8, 4) is 18.1 Å². The molecule has 90 valence electrons. The molecule has 0 aliphatic rings. The van der Waals surface area contributed by atoms with Gasteiger partial charge in [-0.15, -0.1) is 12.3 Å². The summed E-state index contributed by atoms with van der Waals surface area (Å²) in [5.41, 5.74) is 1.07. The highest BCUT2D eigenvalue weighted by atomic mass is 16.3. The monoisotopic (exact) mass is 231 g/mol. The molecule has 1 atom stereocenters. The number of amides is 1. The van der Waals surface area contributed by atoms with Gasteiger partial charge in [0.05, 0.1) is 0 Å². The third-order valence-corrected chi connectivity index (χ3v) is 2.74. The van der Waals surface area contributed by atoms with Gasteiger partial charge in [-0.3, -0.25) is 4.79 Å². The lowest BCUT2D eigenvalue weighted by atomic mass is 10.1. The molecular weight excluding hydrogens is 214 g/mol. The summed E-state index contributed by atoms with van der Waals surface area (Å²) in [5.74, 6) is 2.47. The molecule has 1 aromatic rings. The van der Waals surface area contributed by atoms with Crippen molar-refractivity contribution in [2.75, 3.05) is 0 Å². The fourth-order valence-corrected chi connectivity index (χ4v) is 1.57. The minimum Gasteiger partial charge on any atom is -0.508 e. The maximum absolute atomic E-state index is 12.0. The largest absolute Gasteiger partial charge is 0.508 e. The van der Waals surface area contributed by atoms with Crippen molar-refractivity contribution in [1.29, 1.82) is 0 Å². The van der Waals surface area contributed by atoms with E-state index in [4.69, 9.17) is 6.42 Å². The van der Waals surface area contributed by atoms with Gasteiger partial charge in [0.1, 0.15) is 5.75 Å². The predicted molar refractivity (Wildman–Crippen MR) is 67.8 cm³/mol. The minimum absolute atomic E-state index is 0.0192. The third-order valence-electron chi connectivity index (χ3n) is 2.74. The maximum atomic E-state index is 12.0. The molecule has 1 unspecified atom stereocenters. The molecule has 0 heterocycles. The Balaban J connectivity index is 2.83. The highest BCUT2D eigenvalue weighted by Gasteiger charge is 2.14. The van der Waals surface area contributed by atoms with Crippen LogP contribution >= 0.6 is 0 Å². The van der Waals surface area contributed by atoms with E-state index in [0.717, 1.165) is 6.42 Å². The average molecular weight is 231 g/mol. The number of rotatable bonds is 4. The molecular formula is C14H17NO2. The summed E-state index contributed by atoms with van der Waals surface area (Å²) < 4.78 is 0. The summed E-state index contributed by atoms with van der Waals surface area (Å²) >= 11 is 0. The molecule has 0 aliphatic carbocycles. The summed E-state index contributed by atoms with van der Waals surface area (Å²) in [4.78, 5) is 12.0. The minimum atomic E-state index is -0.194. The highest BCUT2D eigenvalue weighted by Crippen LogP contribution is 2.19. The molecule has 0 aliphatic heterocycles. The van der Waals surface area contributed by atoms with Crippen molar-refractivity contribution < 1.29 is 9.90 Å². The number of carbonyl (C=O) groups is 1. The maximum Gasteiger partial charge on any atom is 0.251 e. The Hall–Kier alpha value is -1.95. The van der Waals surface area contributed by atoms with E-state index < -0.39 is 0 Å². The molecule has 0 aromatic heterocycles. The fraction of sp³-hybridized carbons (Fsp3) is 0.357. The number of aromatic hydroxyl groups is 1. The zero-order valence-electron chi connectivity index (χ0n) is 10.2. The number of carbonyl (C=O) groups excluding carboxylic acids is 1. The van der Waals surface area contributed by atoms with Crippen LogP contribution in [0.25, 0.3) is 0 Å². The molecule has 0 radical (unpaired) electrons. The molecule has 1 aromatic carbocycles. The molecule has 1 rings (SSSR count). The van der Waals surface area contributed by atoms with Gasteiger partial charge >= 0.3 is 0 Å². The fourth-order valence-electron chi connectivity index (χ4n) is 1.57. The van der Waals surface area contributed by atoms with Gasteiger partial charge in [-0.05, 0) is 25.5 Å². The quantitative estimate of drug-likeness (QED) is 0.781. The van der Waals surface area contributed by atoms with E-state index in [1.165, 1.54) is 0 Å². The van der Waals surface area contributed by atoms with Crippen molar-refractivity contribution in [3.05, 3.63) is 29.3 Å². The summed E-state index contributed by atoms with van der Waals surface area (Å²) in [6, 6.07) is 4.88. The number of benzene rings is 1. The van der Waals surface area contributed by atoms with Gasteiger partial charge in [-0.2, -0.15) is 0 Å². The number of nitrogens with one attached hydrogen (secondary N) is 1. The first kappa shape index (κ1) is 13.1. The van der Waals surface area contributed by atoms with Gasteiger partial charge in [0.2, 0.25) is 0 Å². The molecule has 17 heavy (non-hydrogen) atoms. The summed E-state index contributed by atoms with van der Waals surface area (Å²) in [6.07, 6.45) is 6.53. The predicted octanol–water partition coefficient (Wildman–Crippen LogP) is 2.23. The van der Waals surface area contributed by atoms with Gasteiger partial charge < -0.3 is 10.4 Å². The Bertz CT molecular complexity index is 446. The van der Waals surface area contributed by atoms with Crippen molar-refractivity contribution in [2.24, 2.45) is 0 Å². The van der Waals surface area contributed by atoms with Crippen LogP contribution in [-0.4, -0.2) is 17.1 Å². The lowest BCUT2D eigenvalue weighted by Crippen LogP contribution is -2.34. The Morgan fingerprint density at radius 2 is 2.29 bits per heavy atom. The Morgan fingerprint density at radius 3 is 2.88 bits per heavy atom. The Morgan fingerprint density at radius 1 is 1.59 bits per heavy atom. The van der Waals surface area contributed by atoms with Crippen LogP contribution in [0.2, 0.25) is 0 Å². The van der Waals surface area contributed by atoms with E-state index in [-0.39, 0.29) is 17.7 Å². The first-order valence-electron chi connectivity index (χ1n) is 5.63. The molecule has 0 fully saturated rings. The summed E-state index contributed by atoms with van der Waals surface area (Å²) in [5, 5.41) is 12.4. The van der Waals surface area contributed by atoms with Gasteiger partial charge in [-0.25, -0.2) is 0 Å². The second-order valence-electron chi connectivity index (χ2n) is 3.94. The normalized spacial score (nSPS) is 11.6. The molecule has 2 N–H and O–H groups in total.